The number of benzene rings is 2. The molecule has 148 valence electrons. The second kappa shape index (κ2) is 6.97. The quantitative estimate of drug-likeness (QED) is 0.381. The van der Waals surface area contributed by atoms with E-state index in [1.165, 1.54) is 7.11 Å². The zero-order valence-corrected chi connectivity index (χ0v) is 16.1. The summed E-state index contributed by atoms with van der Waals surface area (Å²) in [5, 5.41) is 14.9. The maximum atomic E-state index is 11.6. The Bertz CT molecular complexity index is 1380. The molecule has 0 aliphatic carbocycles. The molecular formula is C23H18N4O3. The molecule has 2 aromatic carbocycles. The van der Waals surface area contributed by atoms with Crippen LogP contribution < -0.4 is 5.32 Å². The van der Waals surface area contributed by atoms with E-state index in [2.05, 4.69) is 15.3 Å². The van der Waals surface area contributed by atoms with Crippen molar-refractivity contribution in [3.63, 3.8) is 0 Å². The molecule has 0 unspecified atom stereocenters. The van der Waals surface area contributed by atoms with Gasteiger partial charge in [0.05, 0.1) is 24.1 Å². The van der Waals surface area contributed by atoms with E-state index >= 15 is 0 Å². The number of methoxy groups -OCH3 is 1. The predicted octanol–water partition coefficient (Wildman–Crippen LogP) is 4.72. The average Bonchev–Trinajstić information content (AvgIpc) is 3.41. The summed E-state index contributed by atoms with van der Waals surface area (Å²) >= 11 is 0. The number of fused-ring (bicyclic) bond motifs is 2. The van der Waals surface area contributed by atoms with Gasteiger partial charge < -0.3 is 20.1 Å². The standard InChI is InChI=1S/C23H18N4O3/c1-30-23(29)14-2-5-17(6-3-14)26-19-8-9-20(27-11-10-24-21(19)27)15-4-7-18-16(12-15)13-25-22(18)28/h2-13,25-26,28H,1H3. The number of hydrogen-bond acceptors (Lipinski definition) is 5. The van der Waals surface area contributed by atoms with E-state index in [-0.39, 0.29) is 11.8 Å². The molecule has 0 radical (unpaired) electrons. The first-order valence-corrected chi connectivity index (χ1v) is 9.36. The van der Waals surface area contributed by atoms with E-state index in [4.69, 9.17) is 4.74 Å². The van der Waals surface area contributed by atoms with E-state index in [1.807, 2.05) is 53.1 Å². The summed E-state index contributed by atoms with van der Waals surface area (Å²) in [5.41, 5.74) is 4.95. The molecule has 3 aromatic heterocycles. The zero-order chi connectivity index (χ0) is 20.7. The minimum atomic E-state index is -0.366. The molecular weight excluding hydrogens is 380 g/mol. The van der Waals surface area contributed by atoms with Crippen molar-refractivity contribution in [2.45, 2.75) is 0 Å². The molecule has 5 rings (SSSR count). The number of aromatic amines is 1. The van der Waals surface area contributed by atoms with Crippen LogP contribution >= 0.6 is 0 Å². The summed E-state index contributed by atoms with van der Waals surface area (Å²) in [7, 11) is 1.36. The Kier molecular flexibility index (Phi) is 4.14. The van der Waals surface area contributed by atoms with Crippen LogP contribution in [-0.4, -0.2) is 32.6 Å². The topological polar surface area (TPSA) is 91.6 Å². The molecule has 0 aliphatic rings. The molecule has 3 heterocycles. The molecule has 0 fully saturated rings. The van der Waals surface area contributed by atoms with Crippen LogP contribution in [-0.2, 0) is 4.74 Å². The minimum absolute atomic E-state index is 0.169. The van der Waals surface area contributed by atoms with Crippen LogP contribution in [0.3, 0.4) is 0 Å². The first kappa shape index (κ1) is 17.8. The van der Waals surface area contributed by atoms with E-state index in [9.17, 15) is 9.90 Å². The number of imidazole rings is 1. The summed E-state index contributed by atoms with van der Waals surface area (Å²) < 4.78 is 6.75. The normalized spacial score (nSPS) is 11.1. The Morgan fingerprint density at radius 2 is 1.97 bits per heavy atom. The van der Waals surface area contributed by atoms with Crippen molar-refractivity contribution in [3.8, 4) is 17.1 Å². The van der Waals surface area contributed by atoms with Gasteiger partial charge in [0.25, 0.3) is 0 Å². The van der Waals surface area contributed by atoms with Crippen molar-refractivity contribution in [2.75, 3.05) is 12.4 Å². The van der Waals surface area contributed by atoms with Crippen LogP contribution in [0.1, 0.15) is 10.4 Å². The highest BCUT2D eigenvalue weighted by molar-refractivity contribution is 5.92. The van der Waals surface area contributed by atoms with Gasteiger partial charge in [0.1, 0.15) is 0 Å². The number of nitrogens with zero attached hydrogens (tertiary/aromatic N) is 2. The number of rotatable bonds is 4. The molecule has 0 amide bonds. The van der Waals surface area contributed by atoms with E-state index in [0.717, 1.165) is 39.1 Å². The number of anilines is 2. The fraction of sp³-hybridized carbons (Fsp3) is 0.0435. The third kappa shape index (κ3) is 2.93. The highest BCUT2D eigenvalue weighted by Gasteiger charge is 2.11. The fourth-order valence-corrected chi connectivity index (χ4v) is 3.59. The van der Waals surface area contributed by atoms with Crippen molar-refractivity contribution in [1.82, 2.24) is 14.4 Å². The highest BCUT2D eigenvalue weighted by Crippen LogP contribution is 2.31. The van der Waals surface area contributed by atoms with Crippen LogP contribution in [0.2, 0.25) is 0 Å². The van der Waals surface area contributed by atoms with Crippen molar-refractivity contribution in [3.05, 3.63) is 78.8 Å². The Hall–Kier alpha value is -4.26. The van der Waals surface area contributed by atoms with Crippen LogP contribution in [0.25, 0.3) is 27.7 Å². The number of nitrogens with one attached hydrogen (secondary N) is 2. The van der Waals surface area contributed by atoms with Gasteiger partial charge in [-0.3, -0.25) is 4.40 Å². The van der Waals surface area contributed by atoms with Crippen LogP contribution in [0.15, 0.2) is 73.2 Å². The van der Waals surface area contributed by atoms with Gasteiger partial charge in [-0.2, -0.15) is 0 Å². The lowest BCUT2D eigenvalue weighted by atomic mass is 10.1. The highest BCUT2D eigenvalue weighted by atomic mass is 16.5. The molecule has 30 heavy (non-hydrogen) atoms. The lowest BCUT2D eigenvalue weighted by Gasteiger charge is -2.12. The molecule has 0 atom stereocenters. The predicted molar refractivity (Wildman–Crippen MR) is 115 cm³/mol. The number of aromatic hydroxyl groups is 1. The lowest BCUT2D eigenvalue weighted by molar-refractivity contribution is 0.0601. The SMILES string of the molecule is COC(=O)c1ccc(Nc2ccc(-c3ccc4c(O)[nH]cc4c3)n3ccnc23)cc1. The van der Waals surface area contributed by atoms with Crippen molar-refractivity contribution < 1.29 is 14.6 Å². The molecule has 5 aromatic rings. The summed E-state index contributed by atoms with van der Waals surface area (Å²) in [6.45, 7) is 0. The first-order valence-electron chi connectivity index (χ1n) is 9.36. The Labute approximate surface area is 171 Å². The summed E-state index contributed by atoms with van der Waals surface area (Å²) in [5.74, 6) is -0.198. The minimum Gasteiger partial charge on any atom is -0.494 e. The molecule has 0 bridgehead atoms. The molecule has 7 heteroatoms. The molecule has 0 aliphatic heterocycles. The van der Waals surface area contributed by atoms with Gasteiger partial charge in [-0.1, -0.05) is 6.07 Å². The number of hydrogen-bond donors (Lipinski definition) is 3. The van der Waals surface area contributed by atoms with Crippen molar-refractivity contribution >= 4 is 33.8 Å². The number of ether oxygens (including phenoxy) is 1. The van der Waals surface area contributed by atoms with Gasteiger partial charge in [0.15, 0.2) is 11.5 Å². The molecule has 0 saturated heterocycles. The van der Waals surface area contributed by atoms with Gasteiger partial charge in [0, 0.05) is 35.1 Å². The van der Waals surface area contributed by atoms with Crippen molar-refractivity contribution in [2.24, 2.45) is 0 Å². The third-order valence-electron chi connectivity index (χ3n) is 5.10. The van der Waals surface area contributed by atoms with Gasteiger partial charge >= 0.3 is 5.97 Å². The Morgan fingerprint density at radius 1 is 1.13 bits per heavy atom. The van der Waals surface area contributed by atoms with Gasteiger partial charge in [0.2, 0.25) is 0 Å². The Morgan fingerprint density at radius 3 is 2.77 bits per heavy atom. The number of carbonyl (C=O) groups excluding carboxylic acids is 1. The van der Waals surface area contributed by atoms with Gasteiger partial charge in [-0.05, 0) is 54.1 Å². The van der Waals surface area contributed by atoms with E-state index in [0.29, 0.717) is 5.56 Å². The van der Waals surface area contributed by atoms with Crippen LogP contribution in [0.4, 0.5) is 11.4 Å². The second-order valence-corrected chi connectivity index (χ2v) is 6.89. The summed E-state index contributed by atoms with van der Waals surface area (Å²) in [6.07, 6.45) is 5.45. The van der Waals surface area contributed by atoms with E-state index < -0.39 is 0 Å². The van der Waals surface area contributed by atoms with Crippen LogP contribution in [0.5, 0.6) is 5.88 Å². The molecule has 3 N–H and O–H groups in total. The zero-order valence-electron chi connectivity index (χ0n) is 16.1. The fourth-order valence-electron chi connectivity index (χ4n) is 3.59. The largest absolute Gasteiger partial charge is 0.494 e. The lowest BCUT2D eigenvalue weighted by Crippen LogP contribution is -2.01. The van der Waals surface area contributed by atoms with E-state index in [1.54, 1.807) is 24.5 Å². The number of aromatic nitrogens is 3. The third-order valence-corrected chi connectivity index (χ3v) is 5.10. The van der Waals surface area contributed by atoms with Gasteiger partial charge in [-0.25, -0.2) is 9.78 Å². The monoisotopic (exact) mass is 398 g/mol. The maximum absolute atomic E-state index is 11.6. The number of esters is 1. The summed E-state index contributed by atoms with van der Waals surface area (Å²) in [4.78, 5) is 18.9. The molecule has 0 saturated carbocycles. The second-order valence-electron chi connectivity index (χ2n) is 6.89. The number of H-pyrrole nitrogens is 1. The maximum Gasteiger partial charge on any atom is 0.337 e. The number of carbonyl (C=O) groups is 1. The smallest absolute Gasteiger partial charge is 0.337 e. The first-order chi connectivity index (χ1) is 14.6. The van der Waals surface area contributed by atoms with Gasteiger partial charge in [-0.15, -0.1) is 0 Å². The Balaban J connectivity index is 1.51. The molecule has 7 nitrogen and oxygen atoms in total. The van der Waals surface area contributed by atoms with Crippen molar-refractivity contribution in [1.29, 1.82) is 0 Å². The number of pyridine rings is 1. The van der Waals surface area contributed by atoms with Crippen LogP contribution in [0, 0.1) is 0 Å². The summed E-state index contributed by atoms with van der Waals surface area (Å²) in [6, 6.07) is 17.0. The average molecular weight is 398 g/mol. The molecule has 0 spiro atoms.